The molecule has 15 heteroatoms. The maximum atomic E-state index is 14.8. The summed E-state index contributed by atoms with van der Waals surface area (Å²) in [4.78, 5) is 31.9. The molecule has 3 aromatic rings. The molecule has 3 heterocycles. The quantitative estimate of drug-likeness (QED) is 0.260. The smallest absolute Gasteiger partial charge is 0.418 e. The summed E-state index contributed by atoms with van der Waals surface area (Å²) in [5.74, 6) is 0.481. The highest BCUT2D eigenvalue weighted by Gasteiger charge is 2.43. The molecule has 0 bridgehead atoms. The Kier molecular flexibility index (Phi) is 10.5. The van der Waals surface area contributed by atoms with Gasteiger partial charge in [-0.3, -0.25) is 0 Å². The van der Waals surface area contributed by atoms with E-state index < -0.39 is 39.2 Å². The van der Waals surface area contributed by atoms with Crippen LogP contribution in [0.25, 0.3) is 0 Å². The molecule has 3 atom stereocenters. The van der Waals surface area contributed by atoms with Crippen LogP contribution in [0.15, 0.2) is 35.5 Å². The molecule has 0 N–H and O–H groups in total. The second kappa shape index (κ2) is 14.1. The lowest BCUT2D eigenvalue weighted by molar-refractivity contribution is -0.139. The molecule has 1 fully saturated rings. The van der Waals surface area contributed by atoms with Gasteiger partial charge in [0.15, 0.2) is 0 Å². The van der Waals surface area contributed by atoms with Crippen LogP contribution in [0.3, 0.4) is 0 Å². The van der Waals surface area contributed by atoms with Crippen molar-refractivity contribution in [3.05, 3.63) is 64.0 Å². The Morgan fingerprint density at radius 2 is 1.71 bits per heavy atom. The molecule has 0 radical (unpaired) electrons. The fraction of sp³-hybridized carbons (Fsp3) is 0.556. The number of aryl methyl sites for hydroxylation is 1. The maximum Gasteiger partial charge on any atom is 0.418 e. The lowest BCUT2D eigenvalue weighted by Gasteiger charge is -2.42. The summed E-state index contributed by atoms with van der Waals surface area (Å²) in [5, 5.41) is -0.389. The number of benzene rings is 1. The van der Waals surface area contributed by atoms with E-state index in [4.69, 9.17) is 9.47 Å². The number of halogens is 3. The first-order valence-corrected chi connectivity index (χ1v) is 18.8. The standard InChI is InChI=1S/C36H47F3N6O5S/c1-21-16-27-28(40-33(51(9,47)48)42-32(27)45-15-14-44(19-23(45)3)34(46)50-35(4,5)6)18-26(21)31-30(36(37,38)39)22(2)17-29(41-31)43(7)20-24-10-12-25(49-8)13-11-24/h10-13,17,21,23,26H,14-16,18-20H2,1-9H3/t21?,23-,26?/m0/s1. The highest BCUT2D eigenvalue weighted by molar-refractivity contribution is 7.90. The van der Waals surface area contributed by atoms with Crippen molar-refractivity contribution in [2.75, 3.05) is 49.8 Å². The number of aromatic nitrogens is 3. The molecular formula is C36H47F3N6O5S. The Bertz CT molecular complexity index is 1880. The molecule has 2 aromatic heterocycles. The van der Waals surface area contributed by atoms with Crippen molar-refractivity contribution in [1.29, 1.82) is 0 Å². The van der Waals surface area contributed by atoms with Crippen LogP contribution < -0.4 is 14.5 Å². The van der Waals surface area contributed by atoms with Gasteiger partial charge in [0.05, 0.1) is 24.1 Å². The number of hydrogen-bond acceptors (Lipinski definition) is 10. The van der Waals surface area contributed by atoms with Crippen molar-refractivity contribution in [3.8, 4) is 5.75 Å². The van der Waals surface area contributed by atoms with Crippen molar-refractivity contribution in [2.45, 2.75) is 89.8 Å². The number of hydrogen-bond donors (Lipinski definition) is 0. The van der Waals surface area contributed by atoms with Gasteiger partial charge < -0.3 is 24.2 Å². The number of fused-ring (bicyclic) bond motifs is 1. The van der Waals surface area contributed by atoms with E-state index >= 15 is 0 Å². The van der Waals surface area contributed by atoms with Gasteiger partial charge in [-0.25, -0.2) is 28.2 Å². The lowest BCUT2D eigenvalue weighted by Crippen LogP contribution is -2.55. The van der Waals surface area contributed by atoms with Crippen molar-refractivity contribution in [3.63, 3.8) is 0 Å². The number of nitrogens with zero attached hydrogens (tertiary/aromatic N) is 6. The van der Waals surface area contributed by atoms with Crippen molar-refractivity contribution in [1.82, 2.24) is 19.9 Å². The third kappa shape index (κ3) is 8.50. The van der Waals surface area contributed by atoms with Crippen LogP contribution in [0, 0.1) is 12.8 Å². The third-order valence-electron chi connectivity index (χ3n) is 9.40. The molecule has 2 aliphatic rings. The number of carbonyl (C=O) groups is 1. The van der Waals surface area contributed by atoms with Gasteiger partial charge in [-0.2, -0.15) is 13.2 Å². The summed E-state index contributed by atoms with van der Waals surface area (Å²) in [6, 6.07) is 8.63. The van der Waals surface area contributed by atoms with Gasteiger partial charge in [0.25, 0.3) is 0 Å². The number of anilines is 2. The number of rotatable bonds is 7. The maximum absolute atomic E-state index is 14.8. The van der Waals surface area contributed by atoms with E-state index in [2.05, 4.69) is 15.0 Å². The van der Waals surface area contributed by atoms with Crippen molar-refractivity contribution >= 4 is 27.6 Å². The van der Waals surface area contributed by atoms with Gasteiger partial charge >= 0.3 is 12.3 Å². The summed E-state index contributed by atoms with van der Waals surface area (Å²) in [6.07, 6.45) is -3.74. The third-order valence-corrected chi connectivity index (χ3v) is 10.2. The lowest BCUT2D eigenvalue weighted by atomic mass is 9.75. The SMILES string of the molecule is COc1ccc(CN(C)c2cc(C)c(C(F)(F)F)c(C3Cc4nc(S(C)(=O)=O)nc(N5CCN(C(=O)OC(C)(C)C)C[C@@H]5C)c4CC3C)n2)cc1. The largest absolute Gasteiger partial charge is 0.497 e. The van der Waals surface area contributed by atoms with Crippen LogP contribution in [-0.4, -0.2) is 86.1 Å². The molecule has 1 saturated heterocycles. The molecule has 5 rings (SSSR count). The number of methoxy groups -OCH3 is 1. The first-order valence-electron chi connectivity index (χ1n) is 16.9. The fourth-order valence-corrected chi connectivity index (χ4v) is 7.41. The van der Waals surface area contributed by atoms with E-state index in [1.807, 2.05) is 43.0 Å². The Morgan fingerprint density at radius 1 is 1.04 bits per heavy atom. The van der Waals surface area contributed by atoms with Crippen LogP contribution in [0.4, 0.5) is 29.6 Å². The minimum Gasteiger partial charge on any atom is -0.497 e. The van der Waals surface area contributed by atoms with Crippen LogP contribution in [0.1, 0.15) is 74.2 Å². The van der Waals surface area contributed by atoms with Gasteiger partial charge in [0.1, 0.15) is 23.0 Å². The molecule has 1 amide bonds. The number of sulfone groups is 1. The van der Waals surface area contributed by atoms with Gasteiger partial charge in [-0.05, 0) is 82.7 Å². The number of pyridine rings is 1. The minimum absolute atomic E-state index is 0.0436. The number of carbonyl (C=O) groups excluding carboxylic acids is 1. The fourth-order valence-electron chi connectivity index (χ4n) is 6.88. The van der Waals surface area contributed by atoms with E-state index in [1.165, 1.54) is 13.0 Å². The Hall–Kier alpha value is -4.14. The topological polar surface area (TPSA) is 118 Å². The van der Waals surface area contributed by atoms with Gasteiger partial charge in [0.2, 0.25) is 15.0 Å². The molecule has 2 unspecified atom stereocenters. The van der Waals surface area contributed by atoms with E-state index in [9.17, 15) is 26.4 Å². The van der Waals surface area contributed by atoms with E-state index in [0.29, 0.717) is 61.2 Å². The first-order chi connectivity index (χ1) is 23.7. The highest BCUT2D eigenvalue weighted by Crippen LogP contribution is 2.45. The molecular weight excluding hydrogens is 685 g/mol. The summed E-state index contributed by atoms with van der Waals surface area (Å²) in [6.45, 7) is 12.0. The van der Waals surface area contributed by atoms with Crippen LogP contribution >= 0.6 is 0 Å². The molecule has 11 nitrogen and oxygen atoms in total. The van der Waals surface area contributed by atoms with Gasteiger partial charge in [-0.15, -0.1) is 0 Å². The zero-order chi connectivity index (χ0) is 37.6. The predicted octanol–water partition coefficient (Wildman–Crippen LogP) is 6.21. The first kappa shape index (κ1) is 38.1. The summed E-state index contributed by atoms with van der Waals surface area (Å²) >= 11 is 0. The number of amides is 1. The summed E-state index contributed by atoms with van der Waals surface area (Å²) in [5.41, 5.74) is 0.533. The molecule has 0 saturated carbocycles. The second-order valence-electron chi connectivity index (χ2n) is 14.7. The number of piperazine rings is 1. The van der Waals surface area contributed by atoms with E-state index in [1.54, 1.807) is 44.7 Å². The van der Waals surface area contributed by atoms with Gasteiger partial charge in [0, 0.05) is 57.0 Å². The molecule has 1 aliphatic heterocycles. The normalized spacial score (nSPS) is 19.8. The van der Waals surface area contributed by atoms with Gasteiger partial charge in [-0.1, -0.05) is 19.1 Å². The van der Waals surface area contributed by atoms with Crippen molar-refractivity contribution in [2.24, 2.45) is 5.92 Å². The Labute approximate surface area is 298 Å². The Balaban J connectivity index is 1.52. The summed E-state index contributed by atoms with van der Waals surface area (Å²) < 4.78 is 80.9. The molecule has 278 valence electrons. The van der Waals surface area contributed by atoms with Crippen molar-refractivity contribution < 1.29 is 35.9 Å². The predicted molar refractivity (Wildman–Crippen MR) is 188 cm³/mol. The van der Waals surface area contributed by atoms with Crippen LogP contribution in [0.5, 0.6) is 5.75 Å². The van der Waals surface area contributed by atoms with Crippen LogP contribution in [-0.2, 0) is 40.1 Å². The molecule has 1 aliphatic carbocycles. The molecule has 0 spiro atoms. The number of alkyl halides is 3. The number of ether oxygens (including phenoxy) is 2. The second-order valence-corrected chi connectivity index (χ2v) is 16.7. The van der Waals surface area contributed by atoms with Crippen LogP contribution in [0.2, 0.25) is 0 Å². The van der Waals surface area contributed by atoms with E-state index in [-0.39, 0.29) is 34.8 Å². The zero-order valence-electron chi connectivity index (χ0n) is 30.6. The highest BCUT2D eigenvalue weighted by atomic mass is 32.2. The molecule has 1 aromatic carbocycles. The molecule has 51 heavy (non-hydrogen) atoms. The Morgan fingerprint density at radius 3 is 2.27 bits per heavy atom. The average Bonchev–Trinajstić information content (AvgIpc) is 3.02. The zero-order valence-corrected chi connectivity index (χ0v) is 31.4. The summed E-state index contributed by atoms with van der Waals surface area (Å²) in [7, 11) is -0.531. The monoisotopic (exact) mass is 732 g/mol. The van der Waals surface area contributed by atoms with E-state index in [0.717, 1.165) is 11.8 Å². The average molecular weight is 733 g/mol. The minimum atomic E-state index is -4.67.